The molecule has 0 unspecified atom stereocenters. The van der Waals surface area contributed by atoms with Crippen molar-refractivity contribution in [1.29, 1.82) is 0 Å². The van der Waals surface area contributed by atoms with Crippen LogP contribution in [0.2, 0.25) is 0 Å². The number of nitrogens with one attached hydrogen (secondary N) is 1. The molecule has 0 saturated heterocycles. The monoisotopic (exact) mass is 273 g/mol. The van der Waals surface area contributed by atoms with E-state index in [0.717, 1.165) is 12.1 Å². The van der Waals surface area contributed by atoms with E-state index in [4.69, 9.17) is 4.74 Å². The van der Waals surface area contributed by atoms with Crippen LogP contribution in [0.3, 0.4) is 0 Å². The van der Waals surface area contributed by atoms with Crippen molar-refractivity contribution < 1.29 is 14.3 Å². The van der Waals surface area contributed by atoms with Crippen LogP contribution in [0.1, 0.15) is 19.3 Å². The van der Waals surface area contributed by atoms with Gasteiger partial charge in [-0.05, 0) is 18.6 Å². The van der Waals surface area contributed by atoms with E-state index < -0.39 is 0 Å². The number of hydrogen-bond acceptors (Lipinski definition) is 4. The minimum atomic E-state index is -0.164. The first kappa shape index (κ1) is 12.7. The maximum Gasteiger partial charge on any atom is 0.274 e. The Morgan fingerprint density at radius 1 is 1.30 bits per heavy atom. The average Bonchev–Trinajstić information content (AvgIpc) is 2.69. The molecule has 2 aliphatic heterocycles. The lowest BCUT2D eigenvalue weighted by molar-refractivity contribution is -0.121. The molecule has 1 aromatic carbocycles. The third-order valence-corrected chi connectivity index (χ3v) is 3.34. The maximum absolute atomic E-state index is 12.6. The Labute approximate surface area is 116 Å². The topological polar surface area (TPSA) is 71.0 Å². The van der Waals surface area contributed by atoms with Gasteiger partial charge in [0.1, 0.15) is 11.5 Å². The molecule has 0 spiro atoms. The normalized spacial score (nSPS) is 18.3. The molecule has 0 aromatic heterocycles. The lowest BCUT2D eigenvalue weighted by Gasteiger charge is -2.23. The second kappa shape index (κ2) is 5.32. The van der Waals surface area contributed by atoms with Crippen molar-refractivity contribution in [3.63, 3.8) is 0 Å². The van der Waals surface area contributed by atoms with E-state index in [9.17, 15) is 9.59 Å². The van der Waals surface area contributed by atoms with E-state index in [2.05, 4.69) is 10.5 Å². The van der Waals surface area contributed by atoms with Crippen molar-refractivity contribution in [1.82, 2.24) is 5.43 Å². The quantitative estimate of drug-likeness (QED) is 0.832. The highest BCUT2D eigenvalue weighted by Gasteiger charge is 2.27. The fourth-order valence-corrected chi connectivity index (χ4v) is 2.32. The van der Waals surface area contributed by atoms with Gasteiger partial charge in [0.2, 0.25) is 5.91 Å². The van der Waals surface area contributed by atoms with Gasteiger partial charge in [-0.1, -0.05) is 12.1 Å². The van der Waals surface area contributed by atoms with E-state index in [1.54, 1.807) is 4.90 Å². The lowest BCUT2D eigenvalue weighted by atomic mass is 10.1. The number of para-hydroxylation sites is 2. The molecule has 1 aromatic rings. The number of amides is 2. The van der Waals surface area contributed by atoms with Gasteiger partial charge in [0, 0.05) is 19.4 Å². The summed E-state index contributed by atoms with van der Waals surface area (Å²) in [6.07, 6.45) is 1.45. The second-order valence-electron chi connectivity index (χ2n) is 4.72. The summed E-state index contributed by atoms with van der Waals surface area (Å²) in [5.74, 6) is 0.392. The van der Waals surface area contributed by atoms with Crippen molar-refractivity contribution in [3.05, 3.63) is 24.3 Å². The van der Waals surface area contributed by atoms with E-state index in [0.29, 0.717) is 37.5 Å². The molecule has 6 heteroatoms. The molecule has 2 heterocycles. The van der Waals surface area contributed by atoms with Gasteiger partial charge in [0.05, 0.1) is 12.3 Å². The third kappa shape index (κ3) is 2.36. The number of rotatable bonds is 1. The fourth-order valence-electron chi connectivity index (χ4n) is 2.32. The summed E-state index contributed by atoms with van der Waals surface area (Å²) in [6, 6.07) is 7.47. The summed E-state index contributed by atoms with van der Waals surface area (Å²) in [5, 5.41) is 3.87. The van der Waals surface area contributed by atoms with Gasteiger partial charge in [0.15, 0.2) is 0 Å². The lowest BCUT2D eigenvalue weighted by Crippen LogP contribution is -2.40. The van der Waals surface area contributed by atoms with Gasteiger partial charge >= 0.3 is 0 Å². The van der Waals surface area contributed by atoms with Gasteiger partial charge in [0.25, 0.3) is 5.91 Å². The van der Waals surface area contributed by atoms with Crippen molar-refractivity contribution in [2.24, 2.45) is 5.10 Å². The van der Waals surface area contributed by atoms with Gasteiger partial charge in [-0.2, -0.15) is 5.10 Å². The van der Waals surface area contributed by atoms with Gasteiger partial charge in [-0.3, -0.25) is 9.59 Å². The molecule has 0 fully saturated rings. The summed E-state index contributed by atoms with van der Waals surface area (Å²) in [5.41, 5.74) is 3.51. The number of benzene rings is 1. The van der Waals surface area contributed by atoms with Crippen molar-refractivity contribution in [3.8, 4) is 5.75 Å². The number of carbonyl (C=O) groups excluding carboxylic acids is 2. The van der Waals surface area contributed by atoms with E-state index in [-0.39, 0.29) is 11.8 Å². The largest absolute Gasteiger partial charge is 0.491 e. The van der Waals surface area contributed by atoms with Crippen LogP contribution in [0.5, 0.6) is 5.75 Å². The Balaban J connectivity index is 1.89. The predicted octanol–water partition coefficient (Wildman–Crippen LogP) is 1.07. The van der Waals surface area contributed by atoms with Crippen molar-refractivity contribution in [2.75, 3.05) is 18.1 Å². The van der Waals surface area contributed by atoms with Gasteiger partial charge < -0.3 is 9.64 Å². The Hall–Kier alpha value is -2.37. The summed E-state index contributed by atoms with van der Waals surface area (Å²) in [4.78, 5) is 25.3. The zero-order chi connectivity index (χ0) is 13.9. The molecule has 0 bridgehead atoms. The van der Waals surface area contributed by atoms with Crippen molar-refractivity contribution in [2.45, 2.75) is 19.3 Å². The average molecular weight is 273 g/mol. The number of carbonyl (C=O) groups is 2. The van der Waals surface area contributed by atoms with Gasteiger partial charge in [-0.15, -0.1) is 0 Å². The standard InChI is InChI=1S/C14H15N3O3/c18-13-7-6-10(15-16-13)14(19)17-8-3-9-20-12-5-2-1-4-11(12)17/h1-2,4-5H,3,6-9H2,(H,16,18). The molecule has 0 aliphatic carbocycles. The minimum Gasteiger partial charge on any atom is -0.491 e. The van der Waals surface area contributed by atoms with E-state index in [1.165, 1.54) is 0 Å². The molecule has 6 nitrogen and oxygen atoms in total. The molecule has 1 N–H and O–H groups in total. The van der Waals surface area contributed by atoms with Crippen LogP contribution in [-0.2, 0) is 9.59 Å². The summed E-state index contributed by atoms with van der Waals surface area (Å²) in [6.45, 7) is 1.17. The Morgan fingerprint density at radius 2 is 2.15 bits per heavy atom. The van der Waals surface area contributed by atoms with Gasteiger partial charge in [-0.25, -0.2) is 5.43 Å². The molecule has 104 valence electrons. The fraction of sp³-hybridized carbons (Fsp3) is 0.357. The number of fused-ring (bicyclic) bond motifs is 1. The van der Waals surface area contributed by atoms with Crippen LogP contribution in [0.25, 0.3) is 0 Å². The molecule has 3 rings (SSSR count). The smallest absolute Gasteiger partial charge is 0.274 e. The highest BCUT2D eigenvalue weighted by molar-refractivity contribution is 6.44. The molecule has 2 aliphatic rings. The maximum atomic E-state index is 12.6. The predicted molar refractivity (Wildman–Crippen MR) is 73.7 cm³/mol. The molecular weight excluding hydrogens is 258 g/mol. The first-order chi connectivity index (χ1) is 9.75. The zero-order valence-electron chi connectivity index (χ0n) is 11.0. The van der Waals surface area contributed by atoms with Crippen LogP contribution in [-0.4, -0.2) is 30.7 Å². The molecule has 0 atom stereocenters. The highest BCUT2D eigenvalue weighted by atomic mass is 16.5. The Morgan fingerprint density at radius 3 is 2.95 bits per heavy atom. The molecule has 0 radical (unpaired) electrons. The zero-order valence-corrected chi connectivity index (χ0v) is 11.0. The van der Waals surface area contributed by atoms with Crippen LogP contribution in [0, 0.1) is 0 Å². The number of hydrogen-bond donors (Lipinski definition) is 1. The summed E-state index contributed by atoms with van der Waals surface area (Å²) < 4.78 is 5.63. The number of ether oxygens (including phenoxy) is 1. The van der Waals surface area contributed by atoms with Crippen LogP contribution < -0.4 is 15.1 Å². The van der Waals surface area contributed by atoms with Crippen LogP contribution >= 0.6 is 0 Å². The summed E-state index contributed by atoms with van der Waals surface area (Å²) >= 11 is 0. The molecular formula is C14H15N3O3. The van der Waals surface area contributed by atoms with Crippen LogP contribution in [0.15, 0.2) is 29.4 Å². The SMILES string of the molecule is O=C1CCC(C(=O)N2CCCOc3ccccc32)=NN1. The highest BCUT2D eigenvalue weighted by Crippen LogP contribution is 2.30. The number of anilines is 1. The molecule has 20 heavy (non-hydrogen) atoms. The number of nitrogens with zero attached hydrogens (tertiary/aromatic N) is 2. The Bertz CT molecular complexity index is 583. The first-order valence-electron chi connectivity index (χ1n) is 6.65. The Kier molecular flexibility index (Phi) is 3.37. The molecule has 0 saturated carbocycles. The van der Waals surface area contributed by atoms with Crippen LogP contribution in [0.4, 0.5) is 5.69 Å². The third-order valence-electron chi connectivity index (χ3n) is 3.34. The first-order valence-corrected chi connectivity index (χ1v) is 6.65. The second-order valence-corrected chi connectivity index (χ2v) is 4.72. The number of hydrazone groups is 1. The minimum absolute atomic E-state index is 0.152. The summed E-state index contributed by atoms with van der Waals surface area (Å²) in [7, 11) is 0. The van der Waals surface area contributed by atoms with E-state index in [1.807, 2.05) is 24.3 Å². The molecule has 2 amide bonds. The van der Waals surface area contributed by atoms with E-state index >= 15 is 0 Å². The van der Waals surface area contributed by atoms with Crippen molar-refractivity contribution >= 4 is 23.2 Å².